The van der Waals surface area contributed by atoms with E-state index in [-0.39, 0.29) is 0 Å². The van der Waals surface area contributed by atoms with Crippen LogP contribution in [0.5, 0.6) is 0 Å². The molecule has 1 aromatic rings. The Kier molecular flexibility index (Phi) is 6.99. The van der Waals surface area contributed by atoms with Crippen molar-refractivity contribution in [3.05, 3.63) is 6.07 Å². The zero-order chi connectivity index (χ0) is 14.3. The summed E-state index contributed by atoms with van der Waals surface area (Å²) in [6, 6.07) is 1.99. The third kappa shape index (κ3) is 5.68. The summed E-state index contributed by atoms with van der Waals surface area (Å²) >= 11 is 1.57. The summed E-state index contributed by atoms with van der Waals surface area (Å²) in [7, 11) is 0. The SMILES string of the molecule is CCCNc1cc(NCC(C)C(C)C)nc(SC)n1. The molecule has 19 heavy (non-hydrogen) atoms. The molecular weight excluding hydrogens is 256 g/mol. The van der Waals surface area contributed by atoms with E-state index in [9.17, 15) is 0 Å². The summed E-state index contributed by atoms with van der Waals surface area (Å²) in [4.78, 5) is 8.94. The Morgan fingerprint density at radius 1 is 1.16 bits per heavy atom. The van der Waals surface area contributed by atoms with Gasteiger partial charge in [-0.25, -0.2) is 9.97 Å². The maximum absolute atomic E-state index is 4.49. The molecule has 0 saturated heterocycles. The summed E-state index contributed by atoms with van der Waals surface area (Å²) in [5.41, 5.74) is 0. The summed E-state index contributed by atoms with van der Waals surface area (Å²) in [6.45, 7) is 10.8. The average molecular weight is 282 g/mol. The van der Waals surface area contributed by atoms with Gasteiger partial charge in [0.1, 0.15) is 11.6 Å². The lowest BCUT2D eigenvalue weighted by Crippen LogP contribution is -2.17. The molecule has 2 N–H and O–H groups in total. The van der Waals surface area contributed by atoms with Crippen LogP contribution in [-0.4, -0.2) is 29.3 Å². The molecule has 0 bridgehead atoms. The molecule has 5 heteroatoms. The molecule has 0 saturated carbocycles. The number of anilines is 2. The number of hydrogen-bond donors (Lipinski definition) is 2. The molecule has 1 rings (SSSR count). The minimum absolute atomic E-state index is 0.625. The van der Waals surface area contributed by atoms with Gasteiger partial charge in [0.15, 0.2) is 5.16 Å². The van der Waals surface area contributed by atoms with E-state index in [1.807, 2.05) is 12.3 Å². The van der Waals surface area contributed by atoms with E-state index in [0.717, 1.165) is 36.3 Å². The van der Waals surface area contributed by atoms with Crippen molar-refractivity contribution >= 4 is 23.4 Å². The third-order valence-electron chi connectivity index (χ3n) is 3.19. The molecule has 0 aliphatic rings. The van der Waals surface area contributed by atoms with Gasteiger partial charge in [0.2, 0.25) is 0 Å². The van der Waals surface area contributed by atoms with Gasteiger partial charge in [0, 0.05) is 19.2 Å². The summed E-state index contributed by atoms with van der Waals surface area (Å²) in [5.74, 6) is 3.11. The average Bonchev–Trinajstić information content (AvgIpc) is 2.42. The maximum Gasteiger partial charge on any atom is 0.191 e. The smallest absolute Gasteiger partial charge is 0.191 e. The Balaban J connectivity index is 2.70. The summed E-state index contributed by atoms with van der Waals surface area (Å²) in [6.07, 6.45) is 3.09. The Labute approximate surface area is 121 Å². The second-order valence-corrected chi connectivity index (χ2v) is 5.93. The molecule has 108 valence electrons. The maximum atomic E-state index is 4.49. The number of aromatic nitrogens is 2. The lowest BCUT2D eigenvalue weighted by molar-refractivity contribution is 0.439. The van der Waals surface area contributed by atoms with Gasteiger partial charge in [-0.2, -0.15) is 0 Å². The second kappa shape index (κ2) is 8.25. The fourth-order valence-corrected chi connectivity index (χ4v) is 1.83. The first-order chi connectivity index (χ1) is 9.06. The lowest BCUT2D eigenvalue weighted by Gasteiger charge is -2.17. The van der Waals surface area contributed by atoms with E-state index in [1.54, 1.807) is 11.8 Å². The predicted molar refractivity (Wildman–Crippen MR) is 85.1 cm³/mol. The molecule has 4 nitrogen and oxygen atoms in total. The van der Waals surface area contributed by atoms with Gasteiger partial charge in [-0.3, -0.25) is 0 Å². The number of thioether (sulfide) groups is 1. The van der Waals surface area contributed by atoms with E-state index >= 15 is 0 Å². The molecular formula is C14H26N4S. The van der Waals surface area contributed by atoms with Crippen LogP contribution in [0.15, 0.2) is 11.2 Å². The first kappa shape index (κ1) is 16.1. The second-order valence-electron chi connectivity index (χ2n) is 5.15. The van der Waals surface area contributed by atoms with Gasteiger partial charge in [0.05, 0.1) is 0 Å². The molecule has 1 heterocycles. The molecule has 0 aliphatic carbocycles. The first-order valence-electron chi connectivity index (χ1n) is 6.97. The standard InChI is InChI=1S/C14H26N4S/c1-6-7-15-12-8-13(18-14(17-12)19-5)16-9-11(4)10(2)3/h8,10-11H,6-7,9H2,1-5H3,(H2,15,16,17,18). The molecule has 1 atom stereocenters. The van der Waals surface area contributed by atoms with Crippen LogP contribution in [0.1, 0.15) is 34.1 Å². The Morgan fingerprint density at radius 2 is 1.79 bits per heavy atom. The monoisotopic (exact) mass is 282 g/mol. The van der Waals surface area contributed by atoms with E-state index in [0.29, 0.717) is 11.8 Å². The van der Waals surface area contributed by atoms with Crippen molar-refractivity contribution in [1.29, 1.82) is 0 Å². The van der Waals surface area contributed by atoms with Gasteiger partial charge < -0.3 is 10.6 Å². The van der Waals surface area contributed by atoms with Crippen LogP contribution < -0.4 is 10.6 Å². The topological polar surface area (TPSA) is 49.8 Å². The Hall–Kier alpha value is -0.970. The fourth-order valence-electron chi connectivity index (χ4n) is 1.45. The van der Waals surface area contributed by atoms with Crippen molar-refractivity contribution in [3.63, 3.8) is 0 Å². The van der Waals surface area contributed by atoms with Crippen LogP contribution in [0.25, 0.3) is 0 Å². The molecule has 0 aromatic carbocycles. The van der Waals surface area contributed by atoms with Gasteiger partial charge in [-0.05, 0) is 24.5 Å². The van der Waals surface area contributed by atoms with Gasteiger partial charge >= 0.3 is 0 Å². The molecule has 0 aliphatic heterocycles. The number of hydrogen-bond acceptors (Lipinski definition) is 5. The normalized spacial score (nSPS) is 12.5. The highest BCUT2D eigenvalue weighted by molar-refractivity contribution is 7.98. The first-order valence-corrected chi connectivity index (χ1v) is 8.20. The Bertz CT molecular complexity index is 382. The van der Waals surface area contributed by atoms with Crippen LogP contribution >= 0.6 is 11.8 Å². The van der Waals surface area contributed by atoms with Crippen molar-refractivity contribution in [2.75, 3.05) is 30.0 Å². The van der Waals surface area contributed by atoms with Crippen LogP contribution in [-0.2, 0) is 0 Å². The van der Waals surface area contributed by atoms with Crippen LogP contribution in [0.2, 0.25) is 0 Å². The van der Waals surface area contributed by atoms with E-state index < -0.39 is 0 Å². The zero-order valence-electron chi connectivity index (χ0n) is 12.7. The van der Waals surface area contributed by atoms with Gasteiger partial charge in [-0.1, -0.05) is 39.5 Å². The Morgan fingerprint density at radius 3 is 2.32 bits per heavy atom. The van der Waals surface area contributed by atoms with Crippen LogP contribution in [0.3, 0.4) is 0 Å². The highest BCUT2D eigenvalue weighted by Gasteiger charge is 2.08. The third-order valence-corrected chi connectivity index (χ3v) is 3.74. The van der Waals surface area contributed by atoms with Gasteiger partial charge in [-0.15, -0.1) is 0 Å². The summed E-state index contributed by atoms with van der Waals surface area (Å²) < 4.78 is 0. The van der Waals surface area contributed by atoms with Crippen molar-refractivity contribution < 1.29 is 0 Å². The van der Waals surface area contributed by atoms with Crippen molar-refractivity contribution in [3.8, 4) is 0 Å². The zero-order valence-corrected chi connectivity index (χ0v) is 13.5. The largest absolute Gasteiger partial charge is 0.370 e. The molecule has 0 radical (unpaired) electrons. The highest BCUT2D eigenvalue weighted by atomic mass is 32.2. The minimum Gasteiger partial charge on any atom is -0.370 e. The quantitative estimate of drug-likeness (QED) is 0.562. The predicted octanol–water partition coefficient (Wildman–Crippen LogP) is 3.72. The number of nitrogens with zero attached hydrogens (tertiary/aromatic N) is 2. The van der Waals surface area contributed by atoms with Crippen LogP contribution in [0.4, 0.5) is 11.6 Å². The van der Waals surface area contributed by atoms with E-state index in [4.69, 9.17) is 0 Å². The van der Waals surface area contributed by atoms with Crippen molar-refractivity contribution in [2.24, 2.45) is 11.8 Å². The van der Waals surface area contributed by atoms with E-state index in [2.05, 4.69) is 48.3 Å². The lowest BCUT2D eigenvalue weighted by atomic mass is 9.98. The van der Waals surface area contributed by atoms with Crippen molar-refractivity contribution in [2.45, 2.75) is 39.3 Å². The molecule has 0 amide bonds. The van der Waals surface area contributed by atoms with Crippen molar-refractivity contribution in [1.82, 2.24) is 9.97 Å². The van der Waals surface area contributed by atoms with E-state index in [1.165, 1.54) is 0 Å². The highest BCUT2D eigenvalue weighted by Crippen LogP contribution is 2.18. The fraction of sp³-hybridized carbons (Fsp3) is 0.714. The van der Waals surface area contributed by atoms with Gasteiger partial charge in [0.25, 0.3) is 0 Å². The molecule has 1 aromatic heterocycles. The molecule has 1 unspecified atom stereocenters. The van der Waals surface area contributed by atoms with Crippen LogP contribution in [0, 0.1) is 11.8 Å². The number of nitrogens with one attached hydrogen (secondary N) is 2. The number of rotatable bonds is 8. The molecule has 0 spiro atoms. The minimum atomic E-state index is 0.625. The summed E-state index contributed by atoms with van der Waals surface area (Å²) in [5, 5.41) is 7.53. The molecule has 0 fully saturated rings.